The zero-order valence-electron chi connectivity index (χ0n) is 19.9. The number of ether oxygens (including phenoxy) is 1. The number of imidazole rings is 1. The first-order valence-corrected chi connectivity index (χ1v) is 11.7. The Bertz CT molecular complexity index is 1340. The van der Waals surface area contributed by atoms with Crippen molar-refractivity contribution in [2.24, 2.45) is 0 Å². The molecule has 3 heterocycles. The summed E-state index contributed by atoms with van der Waals surface area (Å²) in [5, 5.41) is 3.38. The topological polar surface area (TPSA) is 85.2 Å². The molecule has 1 N–H and O–H groups in total. The summed E-state index contributed by atoms with van der Waals surface area (Å²) in [5.41, 5.74) is 7.01. The molecule has 5 rings (SSSR count). The number of nitrogens with zero attached hydrogens (tertiary/aromatic N) is 5. The normalized spacial score (nSPS) is 13.3. The molecule has 0 atom stereocenters. The van der Waals surface area contributed by atoms with Crippen molar-refractivity contribution >= 4 is 17.9 Å². The number of methoxy groups -OCH3 is 1. The molecule has 0 spiro atoms. The molecule has 8 heteroatoms. The number of benzene rings is 2. The van der Waals surface area contributed by atoms with E-state index < -0.39 is 0 Å². The van der Waals surface area contributed by atoms with Gasteiger partial charge in [0.15, 0.2) is 0 Å². The fourth-order valence-corrected chi connectivity index (χ4v) is 4.44. The second kappa shape index (κ2) is 10.1. The highest BCUT2D eigenvalue weighted by Crippen LogP contribution is 2.29. The minimum atomic E-state index is 0.423. The Morgan fingerprint density at radius 3 is 2.74 bits per heavy atom. The lowest BCUT2D eigenvalue weighted by Gasteiger charge is -2.28. The number of rotatable bonds is 8. The molecule has 0 radical (unpaired) electrons. The van der Waals surface area contributed by atoms with E-state index in [4.69, 9.17) is 14.7 Å². The van der Waals surface area contributed by atoms with Gasteiger partial charge in [0.2, 0.25) is 5.95 Å². The molecule has 2 aromatic heterocycles. The largest absolute Gasteiger partial charge is 0.494 e. The molecule has 8 nitrogen and oxygen atoms in total. The Kier molecular flexibility index (Phi) is 6.54. The fourth-order valence-electron chi connectivity index (χ4n) is 4.44. The summed E-state index contributed by atoms with van der Waals surface area (Å²) in [6.45, 7) is 3.87. The maximum atomic E-state index is 11.1. The van der Waals surface area contributed by atoms with E-state index in [2.05, 4.69) is 27.3 Å². The van der Waals surface area contributed by atoms with Gasteiger partial charge >= 0.3 is 0 Å². The number of aldehydes is 1. The third-order valence-corrected chi connectivity index (χ3v) is 6.20. The third-order valence-electron chi connectivity index (χ3n) is 6.20. The second-order valence-corrected chi connectivity index (χ2v) is 8.67. The summed E-state index contributed by atoms with van der Waals surface area (Å²) in [4.78, 5) is 27.3. The predicted octanol–water partition coefficient (Wildman–Crippen LogP) is 3.87. The molecule has 1 aliphatic heterocycles. The Hall–Kier alpha value is -4.04. The molecular formula is C27H28N6O2. The molecular weight excluding hydrogens is 440 g/mol. The van der Waals surface area contributed by atoms with Gasteiger partial charge < -0.3 is 19.4 Å². The smallest absolute Gasteiger partial charge is 0.227 e. The monoisotopic (exact) mass is 468 g/mol. The number of nitrogens with one attached hydrogen (secondary N) is 1. The predicted molar refractivity (Wildman–Crippen MR) is 134 cm³/mol. The van der Waals surface area contributed by atoms with Gasteiger partial charge in [0, 0.05) is 49.4 Å². The minimum absolute atomic E-state index is 0.423. The van der Waals surface area contributed by atoms with Crippen LogP contribution < -0.4 is 10.1 Å². The van der Waals surface area contributed by atoms with Crippen LogP contribution in [0, 0.1) is 6.92 Å². The van der Waals surface area contributed by atoms with Crippen LogP contribution in [0.3, 0.4) is 0 Å². The van der Waals surface area contributed by atoms with Crippen LogP contribution in [0.25, 0.3) is 5.69 Å². The van der Waals surface area contributed by atoms with Gasteiger partial charge in [-0.2, -0.15) is 0 Å². The van der Waals surface area contributed by atoms with E-state index in [1.165, 1.54) is 5.56 Å². The maximum Gasteiger partial charge on any atom is 0.227 e. The Morgan fingerprint density at radius 2 is 2.00 bits per heavy atom. The van der Waals surface area contributed by atoms with Gasteiger partial charge in [0.05, 0.1) is 42.8 Å². The molecule has 178 valence electrons. The summed E-state index contributed by atoms with van der Waals surface area (Å²) < 4.78 is 7.59. The first kappa shape index (κ1) is 22.7. The molecule has 0 saturated carbocycles. The number of fused-ring (bicyclic) bond motifs is 1. The molecule has 4 aromatic rings. The van der Waals surface area contributed by atoms with Crippen molar-refractivity contribution in [2.75, 3.05) is 25.5 Å². The van der Waals surface area contributed by atoms with Gasteiger partial charge in [0.1, 0.15) is 12.0 Å². The lowest BCUT2D eigenvalue weighted by atomic mass is 9.99. The SMILES string of the molecule is COc1cc(Nc2nc3c(c(Cc4ccccc4)n2)CN(CC=O)CC3)ccc1-n1cnc(C)c1. The fraction of sp³-hybridized carbons (Fsp3) is 0.259. The molecule has 0 unspecified atom stereocenters. The van der Waals surface area contributed by atoms with Gasteiger partial charge in [0.25, 0.3) is 0 Å². The van der Waals surface area contributed by atoms with Crippen LogP contribution in [0.15, 0.2) is 61.1 Å². The summed E-state index contributed by atoms with van der Waals surface area (Å²) in [5.74, 6) is 1.28. The summed E-state index contributed by atoms with van der Waals surface area (Å²) >= 11 is 0. The molecule has 0 fully saturated rings. The standard InChI is InChI=1S/C27H28N6O2/c1-19-16-33(18-28-19)25-9-8-21(15-26(25)35-2)29-27-30-23-10-11-32(12-13-34)17-22(23)24(31-27)14-20-6-4-3-5-7-20/h3-9,13,15-16,18H,10-12,14,17H2,1-2H3,(H,29,30,31). The number of aryl methyl sites for hydroxylation is 1. The number of carbonyl (C=O) groups excluding carboxylic acids is 1. The maximum absolute atomic E-state index is 11.1. The van der Waals surface area contributed by atoms with E-state index in [9.17, 15) is 4.79 Å². The van der Waals surface area contributed by atoms with Gasteiger partial charge in [-0.05, 0) is 24.6 Å². The van der Waals surface area contributed by atoms with Crippen LogP contribution in [-0.4, -0.2) is 50.9 Å². The van der Waals surface area contributed by atoms with Gasteiger partial charge in [-0.15, -0.1) is 0 Å². The first-order chi connectivity index (χ1) is 17.1. The van der Waals surface area contributed by atoms with Crippen LogP contribution in [0.4, 0.5) is 11.6 Å². The van der Waals surface area contributed by atoms with E-state index in [1.807, 2.05) is 54.1 Å². The molecule has 0 aliphatic carbocycles. The summed E-state index contributed by atoms with van der Waals surface area (Å²) in [6.07, 6.45) is 6.18. The summed E-state index contributed by atoms with van der Waals surface area (Å²) in [7, 11) is 1.66. The van der Waals surface area contributed by atoms with Crippen molar-refractivity contribution in [3.8, 4) is 11.4 Å². The van der Waals surface area contributed by atoms with E-state index >= 15 is 0 Å². The summed E-state index contributed by atoms with van der Waals surface area (Å²) in [6, 6.07) is 16.2. The molecule has 0 saturated heterocycles. The van der Waals surface area contributed by atoms with Crippen LogP contribution in [0.1, 0.15) is 28.2 Å². The van der Waals surface area contributed by atoms with Gasteiger partial charge in [-0.25, -0.2) is 15.0 Å². The average molecular weight is 469 g/mol. The molecule has 35 heavy (non-hydrogen) atoms. The van der Waals surface area contributed by atoms with Crippen molar-refractivity contribution in [3.05, 3.63) is 89.3 Å². The molecule has 0 bridgehead atoms. The number of hydrogen-bond donors (Lipinski definition) is 1. The zero-order valence-corrected chi connectivity index (χ0v) is 19.9. The quantitative estimate of drug-likeness (QED) is 0.393. The number of aromatic nitrogens is 4. The van der Waals surface area contributed by atoms with Crippen LogP contribution >= 0.6 is 0 Å². The van der Waals surface area contributed by atoms with E-state index in [1.54, 1.807) is 13.4 Å². The highest BCUT2D eigenvalue weighted by atomic mass is 16.5. The van der Waals surface area contributed by atoms with Crippen LogP contribution in [0.2, 0.25) is 0 Å². The number of anilines is 2. The van der Waals surface area contributed by atoms with Crippen molar-refractivity contribution in [1.29, 1.82) is 0 Å². The highest BCUT2D eigenvalue weighted by Gasteiger charge is 2.22. The van der Waals surface area contributed by atoms with E-state index in [0.717, 1.165) is 59.0 Å². The number of carbonyl (C=O) groups is 1. The lowest BCUT2D eigenvalue weighted by molar-refractivity contribution is -0.109. The second-order valence-electron chi connectivity index (χ2n) is 8.67. The Morgan fingerprint density at radius 1 is 1.14 bits per heavy atom. The van der Waals surface area contributed by atoms with Crippen molar-refractivity contribution in [3.63, 3.8) is 0 Å². The highest BCUT2D eigenvalue weighted by molar-refractivity contribution is 5.62. The van der Waals surface area contributed by atoms with Crippen molar-refractivity contribution in [2.45, 2.75) is 26.3 Å². The molecule has 2 aromatic carbocycles. The average Bonchev–Trinajstić information content (AvgIpc) is 3.31. The van der Waals surface area contributed by atoms with Gasteiger partial charge in [-0.1, -0.05) is 30.3 Å². The Balaban J connectivity index is 1.47. The minimum Gasteiger partial charge on any atom is -0.494 e. The van der Waals surface area contributed by atoms with Crippen LogP contribution in [0.5, 0.6) is 5.75 Å². The van der Waals surface area contributed by atoms with Crippen molar-refractivity contribution in [1.82, 2.24) is 24.4 Å². The Labute approximate surface area is 204 Å². The first-order valence-electron chi connectivity index (χ1n) is 11.7. The number of hydrogen-bond acceptors (Lipinski definition) is 7. The van der Waals surface area contributed by atoms with E-state index in [0.29, 0.717) is 25.5 Å². The van der Waals surface area contributed by atoms with Crippen molar-refractivity contribution < 1.29 is 9.53 Å². The zero-order chi connectivity index (χ0) is 24.2. The van der Waals surface area contributed by atoms with Crippen LogP contribution in [-0.2, 0) is 24.2 Å². The molecule has 0 amide bonds. The lowest BCUT2D eigenvalue weighted by Crippen LogP contribution is -2.33. The molecule has 1 aliphatic rings. The third kappa shape index (κ3) is 5.07. The van der Waals surface area contributed by atoms with Gasteiger partial charge in [-0.3, -0.25) is 4.90 Å². The van der Waals surface area contributed by atoms with E-state index in [-0.39, 0.29) is 0 Å².